The highest BCUT2D eigenvalue weighted by atomic mass is 35.5. The normalized spacial score (nSPS) is 17.4. The van der Waals surface area contributed by atoms with Gasteiger partial charge in [0.1, 0.15) is 0 Å². The number of hydrogen-bond donors (Lipinski definition) is 1. The number of aliphatic carboxylic acids is 1. The molecule has 7 nitrogen and oxygen atoms in total. The third-order valence-corrected chi connectivity index (χ3v) is 5.37. The van der Waals surface area contributed by atoms with Crippen LogP contribution in [0.1, 0.15) is 29.6 Å². The Bertz CT molecular complexity index is 758. The number of carboxylic acid groups (broad SMARTS) is 1. The summed E-state index contributed by atoms with van der Waals surface area (Å²) in [5.41, 5.74) is 0.0352. The number of sulfone groups is 1. The monoisotopic (exact) mass is 389 g/mol. The van der Waals surface area contributed by atoms with Gasteiger partial charge in [0.15, 0.2) is 9.84 Å². The molecule has 138 valence electrons. The molecule has 0 spiro atoms. The van der Waals surface area contributed by atoms with Gasteiger partial charge >= 0.3 is 5.97 Å². The Morgan fingerprint density at radius 2 is 2.12 bits per heavy atom. The summed E-state index contributed by atoms with van der Waals surface area (Å²) in [4.78, 5) is 25.1. The lowest BCUT2D eigenvalue weighted by atomic mass is 10.1. The fraction of sp³-hybridized carbons (Fsp3) is 0.500. The zero-order valence-electron chi connectivity index (χ0n) is 13.8. The maximum absolute atomic E-state index is 12.8. The minimum absolute atomic E-state index is 0.00649. The van der Waals surface area contributed by atoms with Crippen LogP contribution in [0.25, 0.3) is 0 Å². The van der Waals surface area contributed by atoms with Crippen LogP contribution >= 0.6 is 11.6 Å². The average molecular weight is 390 g/mol. The number of carbonyl (C=O) groups excluding carboxylic acids is 1. The van der Waals surface area contributed by atoms with Gasteiger partial charge in [-0.25, -0.2) is 8.42 Å². The van der Waals surface area contributed by atoms with Gasteiger partial charge in [-0.1, -0.05) is 11.6 Å². The zero-order chi connectivity index (χ0) is 18.6. The maximum Gasteiger partial charge on any atom is 0.305 e. The van der Waals surface area contributed by atoms with Crippen molar-refractivity contribution in [3.63, 3.8) is 0 Å². The highest BCUT2D eigenvalue weighted by Crippen LogP contribution is 2.23. The van der Waals surface area contributed by atoms with Crippen molar-refractivity contribution < 1.29 is 27.9 Å². The molecule has 1 saturated heterocycles. The number of benzene rings is 1. The van der Waals surface area contributed by atoms with Crippen molar-refractivity contribution in [1.82, 2.24) is 4.90 Å². The van der Waals surface area contributed by atoms with E-state index in [9.17, 15) is 18.0 Å². The Morgan fingerprint density at radius 1 is 1.40 bits per heavy atom. The molecular formula is C16H20ClNO6S. The summed E-state index contributed by atoms with van der Waals surface area (Å²) >= 11 is 6.07. The lowest BCUT2D eigenvalue weighted by Gasteiger charge is -2.25. The van der Waals surface area contributed by atoms with Crippen molar-refractivity contribution in [3.8, 4) is 0 Å². The van der Waals surface area contributed by atoms with Crippen LogP contribution in [-0.2, 0) is 19.4 Å². The summed E-state index contributed by atoms with van der Waals surface area (Å²) in [5.74, 6) is -1.53. The Kier molecular flexibility index (Phi) is 6.42. The lowest BCUT2D eigenvalue weighted by Crippen LogP contribution is -2.39. The molecule has 1 N–H and O–H groups in total. The fourth-order valence-corrected chi connectivity index (χ4v) is 3.46. The van der Waals surface area contributed by atoms with Gasteiger partial charge in [-0.05, 0) is 31.0 Å². The van der Waals surface area contributed by atoms with Gasteiger partial charge in [0.2, 0.25) is 0 Å². The first-order valence-corrected chi connectivity index (χ1v) is 10.1. The summed E-state index contributed by atoms with van der Waals surface area (Å²) in [7, 11) is -3.50. The Balaban J connectivity index is 2.28. The Labute approximate surface area is 151 Å². The van der Waals surface area contributed by atoms with Gasteiger partial charge in [-0.3, -0.25) is 9.59 Å². The van der Waals surface area contributed by atoms with Gasteiger partial charge in [0, 0.05) is 26.0 Å². The topological polar surface area (TPSA) is 101 Å². The average Bonchev–Trinajstić information content (AvgIpc) is 3.03. The molecule has 0 saturated carbocycles. The molecule has 1 atom stereocenters. The van der Waals surface area contributed by atoms with Crippen LogP contribution in [0.3, 0.4) is 0 Å². The molecule has 2 rings (SSSR count). The van der Waals surface area contributed by atoms with Gasteiger partial charge < -0.3 is 14.7 Å². The van der Waals surface area contributed by atoms with Crippen LogP contribution in [0, 0.1) is 0 Å². The van der Waals surface area contributed by atoms with Crippen LogP contribution < -0.4 is 0 Å². The molecule has 25 heavy (non-hydrogen) atoms. The molecule has 0 aliphatic carbocycles. The second-order valence-electron chi connectivity index (χ2n) is 5.94. The third-order valence-electron chi connectivity index (χ3n) is 3.93. The third kappa shape index (κ3) is 5.42. The Hall–Kier alpha value is -1.64. The SMILES string of the molecule is CS(=O)(=O)c1ccc(Cl)c(C(=O)N(CCC(=O)O)C[C@H]2CCCO2)c1. The minimum atomic E-state index is -3.50. The van der Waals surface area contributed by atoms with E-state index in [0.29, 0.717) is 6.61 Å². The van der Waals surface area contributed by atoms with E-state index in [1.807, 2.05) is 0 Å². The van der Waals surface area contributed by atoms with Crippen LogP contribution in [0.5, 0.6) is 0 Å². The van der Waals surface area contributed by atoms with Crippen LogP contribution in [0.15, 0.2) is 23.1 Å². The number of nitrogens with zero attached hydrogens (tertiary/aromatic N) is 1. The first-order chi connectivity index (χ1) is 11.7. The summed E-state index contributed by atoms with van der Waals surface area (Å²) in [6.07, 6.45) is 2.33. The molecule has 1 fully saturated rings. The molecular weight excluding hydrogens is 370 g/mol. The summed E-state index contributed by atoms with van der Waals surface area (Å²) in [6.45, 7) is 0.842. The number of hydrogen-bond acceptors (Lipinski definition) is 5. The number of rotatable bonds is 7. The number of amides is 1. The molecule has 0 unspecified atom stereocenters. The van der Waals surface area contributed by atoms with Crippen molar-refractivity contribution in [2.75, 3.05) is 26.0 Å². The van der Waals surface area contributed by atoms with E-state index in [0.717, 1.165) is 19.1 Å². The predicted molar refractivity (Wildman–Crippen MR) is 91.7 cm³/mol. The summed E-state index contributed by atoms with van der Waals surface area (Å²) < 4.78 is 28.9. The fourth-order valence-electron chi connectivity index (χ4n) is 2.61. The quantitative estimate of drug-likeness (QED) is 0.763. The highest BCUT2D eigenvalue weighted by molar-refractivity contribution is 7.90. The van der Waals surface area contributed by atoms with Crippen LogP contribution in [0.4, 0.5) is 0 Å². The van der Waals surface area contributed by atoms with Crippen molar-refractivity contribution >= 4 is 33.3 Å². The van der Waals surface area contributed by atoms with Crippen molar-refractivity contribution in [3.05, 3.63) is 28.8 Å². The van der Waals surface area contributed by atoms with E-state index < -0.39 is 21.7 Å². The molecule has 1 aliphatic heterocycles. The molecule has 1 heterocycles. The second-order valence-corrected chi connectivity index (χ2v) is 8.37. The molecule has 9 heteroatoms. The summed E-state index contributed by atoms with van der Waals surface area (Å²) in [5, 5.41) is 9.02. The molecule has 0 radical (unpaired) electrons. The molecule has 1 aromatic rings. The van der Waals surface area contributed by atoms with Gasteiger partial charge in [0.05, 0.1) is 28.0 Å². The standard InChI is InChI=1S/C16H20ClNO6S/c1-25(22,23)12-4-5-14(17)13(9-12)16(21)18(7-6-15(19)20)10-11-3-2-8-24-11/h4-5,9,11H,2-3,6-8,10H2,1H3,(H,19,20)/t11-/m1/s1. The van der Waals surface area contributed by atoms with Crippen molar-refractivity contribution in [1.29, 1.82) is 0 Å². The molecule has 1 aromatic carbocycles. The number of carbonyl (C=O) groups is 2. The van der Waals surface area contributed by atoms with Gasteiger partial charge in [0.25, 0.3) is 5.91 Å². The molecule has 0 bridgehead atoms. The number of halogens is 1. The molecule has 1 aliphatic rings. The molecule has 1 amide bonds. The minimum Gasteiger partial charge on any atom is -0.481 e. The Morgan fingerprint density at radius 3 is 2.68 bits per heavy atom. The van der Waals surface area contributed by atoms with E-state index in [2.05, 4.69) is 0 Å². The first-order valence-electron chi connectivity index (χ1n) is 7.81. The van der Waals surface area contributed by atoms with Crippen molar-refractivity contribution in [2.24, 2.45) is 0 Å². The van der Waals surface area contributed by atoms with Crippen molar-refractivity contribution in [2.45, 2.75) is 30.3 Å². The maximum atomic E-state index is 12.8. The van der Waals surface area contributed by atoms with Gasteiger partial charge in [-0.2, -0.15) is 0 Å². The van der Waals surface area contributed by atoms with E-state index in [1.165, 1.54) is 23.1 Å². The zero-order valence-corrected chi connectivity index (χ0v) is 15.3. The molecule has 0 aromatic heterocycles. The largest absolute Gasteiger partial charge is 0.481 e. The first kappa shape index (κ1) is 19.7. The lowest BCUT2D eigenvalue weighted by molar-refractivity contribution is -0.137. The summed E-state index contributed by atoms with van der Waals surface area (Å²) in [6, 6.07) is 3.91. The van der Waals surface area contributed by atoms with E-state index in [1.54, 1.807) is 0 Å². The number of carboxylic acids is 1. The predicted octanol–water partition coefficient (Wildman–Crippen LogP) is 1.84. The smallest absolute Gasteiger partial charge is 0.305 e. The second kappa shape index (κ2) is 8.16. The van der Waals surface area contributed by atoms with E-state index >= 15 is 0 Å². The van der Waals surface area contributed by atoms with Gasteiger partial charge in [-0.15, -0.1) is 0 Å². The van der Waals surface area contributed by atoms with E-state index in [-0.39, 0.29) is 41.1 Å². The highest BCUT2D eigenvalue weighted by Gasteiger charge is 2.26. The number of ether oxygens (including phenoxy) is 1. The van der Waals surface area contributed by atoms with Crippen LogP contribution in [-0.4, -0.2) is 62.4 Å². The van der Waals surface area contributed by atoms with E-state index in [4.69, 9.17) is 21.4 Å². The van der Waals surface area contributed by atoms with Crippen LogP contribution in [0.2, 0.25) is 5.02 Å².